The van der Waals surface area contributed by atoms with Gasteiger partial charge in [0.25, 0.3) is 5.91 Å². The molecule has 1 amide bonds. The van der Waals surface area contributed by atoms with E-state index in [-0.39, 0.29) is 18.9 Å². The Morgan fingerprint density at radius 3 is 2.76 bits per heavy atom. The maximum absolute atomic E-state index is 12.9. The van der Waals surface area contributed by atoms with E-state index in [1.54, 1.807) is 11.8 Å². The Labute approximate surface area is 145 Å². The summed E-state index contributed by atoms with van der Waals surface area (Å²) in [5.41, 5.74) is 1.83. The van der Waals surface area contributed by atoms with Gasteiger partial charge in [0.15, 0.2) is 5.82 Å². The lowest BCUT2D eigenvalue weighted by Crippen LogP contribution is -2.49. The van der Waals surface area contributed by atoms with Gasteiger partial charge in [0.2, 0.25) is 0 Å². The highest BCUT2D eigenvalue weighted by molar-refractivity contribution is 5.95. The van der Waals surface area contributed by atoms with Crippen LogP contribution in [0.2, 0.25) is 0 Å². The number of morpholine rings is 1. The smallest absolute Gasteiger partial charge is 0.305 e. The van der Waals surface area contributed by atoms with Crippen LogP contribution in [0.1, 0.15) is 22.5 Å². The summed E-state index contributed by atoms with van der Waals surface area (Å²) in [6, 6.07) is 9.04. The van der Waals surface area contributed by atoms with Crippen LogP contribution in [-0.2, 0) is 9.53 Å². The highest BCUT2D eigenvalue weighted by Gasteiger charge is 2.31. The number of aryl methyl sites for hydroxylation is 1. The first-order valence-electron chi connectivity index (χ1n) is 8.06. The van der Waals surface area contributed by atoms with Crippen molar-refractivity contribution < 1.29 is 19.4 Å². The number of aromatic nitrogens is 2. The van der Waals surface area contributed by atoms with Gasteiger partial charge < -0.3 is 14.7 Å². The Hall–Kier alpha value is -2.80. The molecule has 0 bridgehead atoms. The second-order valence-electron chi connectivity index (χ2n) is 5.88. The molecule has 0 saturated carbocycles. The monoisotopic (exact) mass is 341 g/mol. The lowest BCUT2D eigenvalue weighted by atomic mass is 10.1. The Morgan fingerprint density at radius 1 is 1.32 bits per heavy atom. The van der Waals surface area contributed by atoms with Crippen LogP contribution in [0.4, 0.5) is 0 Å². The van der Waals surface area contributed by atoms with Crippen molar-refractivity contribution in [1.29, 1.82) is 0 Å². The highest BCUT2D eigenvalue weighted by Crippen LogP contribution is 2.19. The topological polar surface area (TPSA) is 92.6 Å². The summed E-state index contributed by atoms with van der Waals surface area (Å²) >= 11 is 0. The molecule has 1 aromatic carbocycles. The molecule has 1 unspecified atom stereocenters. The summed E-state index contributed by atoms with van der Waals surface area (Å²) in [4.78, 5) is 34.2. The van der Waals surface area contributed by atoms with Crippen LogP contribution < -0.4 is 0 Å². The summed E-state index contributed by atoms with van der Waals surface area (Å²) in [5.74, 6) is -0.661. The maximum Gasteiger partial charge on any atom is 0.305 e. The molecule has 7 heteroatoms. The van der Waals surface area contributed by atoms with Crippen LogP contribution >= 0.6 is 0 Å². The molecule has 1 aliphatic rings. The molecule has 1 aromatic heterocycles. The zero-order valence-electron chi connectivity index (χ0n) is 13.9. The average Bonchev–Trinajstić information content (AvgIpc) is 2.62. The van der Waals surface area contributed by atoms with E-state index in [1.165, 1.54) is 6.20 Å². The van der Waals surface area contributed by atoms with Crippen molar-refractivity contribution in [2.24, 2.45) is 0 Å². The third-order valence-electron chi connectivity index (χ3n) is 4.14. The van der Waals surface area contributed by atoms with Crippen molar-refractivity contribution in [3.05, 3.63) is 47.8 Å². The van der Waals surface area contributed by atoms with Gasteiger partial charge in [-0.05, 0) is 6.92 Å². The van der Waals surface area contributed by atoms with E-state index < -0.39 is 12.0 Å². The summed E-state index contributed by atoms with van der Waals surface area (Å²) in [7, 11) is 0. The zero-order chi connectivity index (χ0) is 17.8. The fourth-order valence-electron chi connectivity index (χ4n) is 2.85. The third kappa shape index (κ3) is 3.83. The number of benzene rings is 1. The van der Waals surface area contributed by atoms with Gasteiger partial charge in [-0.1, -0.05) is 30.3 Å². The minimum absolute atomic E-state index is 0.145. The number of carboxylic acid groups (broad SMARTS) is 1. The van der Waals surface area contributed by atoms with E-state index in [0.717, 1.165) is 5.56 Å². The molecule has 1 fully saturated rings. The summed E-state index contributed by atoms with van der Waals surface area (Å²) in [6.45, 7) is 2.73. The molecule has 3 rings (SSSR count). The van der Waals surface area contributed by atoms with Gasteiger partial charge in [0, 0.05) is 18.3 Å². The number of rotatable bonds is 4. The van der Waals surface area contributed by atoms with Crippen molar-refractivity contribution in [2.75, 3.05) is 19.8 Å². The number of carbonyl (C=O) groups excluding carboxylic acids is 1. The quantitative estimate of drug-likeness (QED) is 0.911. The normalized spacial score (nSPS) is 17.3. The van der Waals surface area contributed by atoms with Gasteiger partial charge in [-0.15, -0.1) is 0 Å². The van der Waals surface area contributed by atoms with Crippen molar-refractivity contribution in [1.82, 2.24) is 14.9 Å². The van der Waals surface area contributed by atoms with Crippen LogP contribution in [0.25, 0.3) is 11.4 Å². The Bertz CT molecular complexity index is 779. The summed E-state index contributed by atoms with van der Waals surface area (Å²) in [6.07, 6.45) is 1.37. The zero-order valence-corrected chi connectivity index (χ0v) is 13.9. The van der Waals surface area contributed by atoms with Gasteiger partial charge >= 0.3 is 5.97 Å². The number of aliphatic carboxylic acids is 1. The predicted octanol–water partition coefficient (Wildman–Crippen LogP) is 1.77. The summed E-state index contributed by atoms with van der Waals surface area (Å²) < 4.78 is 5.32. The SMILES string of the molecule is Cc1nc(-c2ccccc2)ncc1C(=O)N1CCOCC1CC(=O)O. The van der Waals surface area contributed by atoms with Gasteiger partial charge in [-0.25, -0.2) is 9.97 Å². The molecule has 1 atom stereocenters. The molecule has 1 aliphatic heterocycles. The van der Waals surface area contributed by atoms with Gasteiger partial charge in [0.05, 0.1) is 36.9 Å². The maximum atomic E-state index is 12.9. The highest BCUT2D eigenvalue weighted by atomic mass is 16.5. The first kappa shape index (κ1) is 17.0. The van der Waals surface area contributed by atoms with Crippen LogP contribution in [-0.4, -0.2) is 57.7 Å². The van der Waals surface area contributed by atoms with Crippen molar-refractivity contribution in [3.63, 3.8) is 0 Å². The van der Waals surface area contributed by atoms with Crippen molar-refractivity contribution in [3.8, 4) is 11.4 Å². The number of carboxylic acids is 1. The number of amides is 1. The van der Waals surface area contributed by atoms with Gasteiger partial charge in [0.1, 0.15) is 0 Å². The van der Waals surface area contributed by atoms with Crippen molar-refractivity contribution in [2.45, 2.75) is 19.4 Å². The minimum Gasteiger partial charge on any atom is -0.481 e. The fourth-order valence-corrected chi connectivity index (χ4v) is 2.85. The van der Waals surface area contributed by atoms with E-state index in [9.17, 15) is 9.59 Å². The third-order valence-corrected chi connectivity index (χ3v) is 4.14. The van der Waals surface area contributed by atoms with E-state index in [2.05, 4.69) is 9.97 Å². The lowest BCUT2D eigenvalue weighted by Gasteiger charge is -2.35. The molecule has 7 nitrogen and oxygen atoms in total. The predicted molar refractivity (Wildman–Crippen MR) is 90.1 cm³/mol. The largest absolute Gasteiger partial charge is 0.481 e. The first-order chi connectivity index (χ1) is 12.1. The molecule has 2 heterocycles. The first-order valence-corrected chi connectivity index (χ1v) is 8.06. The van der Waals surface area contributed by atoms with Crippen LogP contribution in [0.5, 0.6) is 0 Å². The number of carbonyl (C=O) groups is 2. The molecule has 130 valence electrons. The molecule has 1 N–H and O–H groups in total. The average molecular weight is 341 g/mol. The van der Waals surface area contributed by atoms with E-state index in [1.807, 2.05) is 30.3 Å². The Morgan fingerprint density at radius 2 is 2.08 bits per heavy atom. The van der Waals surface area contributed by atoms with E-state index >= 15 is 0 Å². The Balaban J connectivity index is 1.85. The number of ether oxygens (including phenoxy) is 1. The molecule has 25 heavy (non-hydrogen) atoms. The second kappa shape index (κ2) is 7.40. The van der Waals surface area contributed by atoms with Gasteiger partial charge in [-0.3, -0.25) is 9.59 Å². The van der Waals surface area contributed by atoms with Crippen LogP contribution in [0.15, 0.2) is 36.5 Å². The standard InChI is InChI=1S/C18H19N3O4/c1-12-15(10-19-17(20-12)13-5-3-2-4-6-13)18(24)21-7-8-25-11-14(21)9-16(22)23/h2-6,10,14H,7-9,11H2,1H3,(H,22,23). The molecule has 0 radical (unpaired) electrons. The number of hydrogen-bond donors (Lipinski definition) is 1. The number of hydrogen-bond acceptors (Lipinski definition) is 5. The molecule has 0 spiro atoms. The van der Waals surface area contributed by atoms with E-state index in [0.29, 0.717) is 30.2 Å². The summed E-state index contributed by atoms with van der Waals surface area (Å²) in [5, 5.41) is 9.03. The number of nitrogens with zero attached hydrogens (tertiary/aromatic N) is 3. The van der Waals surface area contributed by atoms with Gasteiger partial charge in [-0.2, -0.15) is 0 Å². The molecular weight excluding hydrogens is 322 g/mol. The van der Waals surface area contributed by atoms with Crippen LogP contribution in [0.3, 0.4) is 0 Å². The molecular formula is C18H19N3O4. The second-order valence-corrected chi connectivity index (χ2v) is 5.88. The van der Waals surface area contributed by atoms with E-state index in [4.69, 9.17) is 9.84 Å². The molecule has 0 aliphatic carbocycles. The fraction of sp³-hybridized carbons (Fsp3) is 0.333. The lowest BCUT2D eigenvalue weighted by molar-refractivity contribution is -0.139. The van der Waals surface area contributed by atoms with Crippen molar-refractivity contribution >= 4 is 11.9 Å². The minimum atomic E-state index is -0.958. The molecule has 1 saturated heterocycles. The van der Waals surface area contributed by atoms with Crippen LogP contribution in [0, 0.1) is 6.92 Å². The Kier molecular flexibility index (Phi) is 5.04. The molecule has 2 aromatic rings.